The average molecular weight is 683 g/mol. The van der Waals surface area contributed by atoms with Crippen LogP contribution in [0.3, 0.4) is 0 Å². The Kier molecular flexibility index (Phi) is 18.2. The molecule has 7 N–H and O–H groups in total. The summed E-state index contributed by atoms with van der Waals surface area (Å²) < 4.78 is 0. The third kappa shape index (κ3) is 13.9. The van der Waals surface area contributed by atoms with Gasteiger partial charge in [0.2, 0.25) is 0 Å². The molecule has 0 aliphatic heterocycles. The Morgan fingerprint density at radius 2 is 1.06 bits per heavy atom. The van der Waals surface area contributed by atoms with E-state index >= 15 is 0 Å². The van der Waals surface area contributed by atoms with E-state index in [4.69, 9.17) is 20.4 Å². The number of ketones is 2. The molecule has 0 bridgehead atoms. The lowest BCUT2D eigenvalue weighted by atomic mass is 9.91. The van der Waals surface area contributed by atoms with E-state index < -0.39 is 59.8 Å². The van der Waals surface area contributed by atoms with Crippen molar-refractivity contribution in [3.8, 4) is 47.4 Å². The van der Waals surface area contributed by atoms with Crippen LogP contribution in [0.1, 0.15) is 59.5 Å². The van der Waals surface area contributed by atoms with Crippen molar-refractivity contribution in [3.05, 3.63) is 70.8 Å². The molecule has 0 aromatic heterocycles. The van der Waals surface area contributed by atoms with E-state index in [1.54, 1.807) is 83.3 Å². The highest BCUT2D eigenvalue weighted by Gasteiger charge is 2.36. The Hall–Kier alpha value is -5.57. The topological polar surface area (TPSA) is 198 Å². The number of nitrogens with zero attached hydrogens (tertiary/aromatic N) is 1. The van der Waals surface area contributed by atoms with Gasteiger partial charge in [-0.1, -0.05) is 23.7 Å². The lowest BCUT2D eigenvalue weighted by Crippen LogP contribution is -2.60. The summed E-state index contributed by atoms with van der Waals surface area (Å²) in [5, 5.41) is 43.5. The van der Waals surface area contributed by atoms with E-state index in [9.17, 15) is 19.2 Å². The first-order valence-corrected chi connectivity index (χ1v) is 15.2. The average Bonchev–Trinajstić information content (AvgIpc) is 3.12. The molecule has 2 rings (SSSR count). The zero-order valence-corrected chi connectivity index (χ0v) is 28.7. The van der Waals surface area contributed by atoms with Crippen LogP contribution in [-0.4, -0.2) is 107 Å². The van der Waals surface area contributed by atoms with Crippen LogP contribution in [0.25, 0.3) is 0 Å². The predicted molar refractivity (Wildman–Crippen MR) is 190 cm³/mol. The number of hydrogen-bond donors (Lipinski definition) is 7. The van der Waals surface area contributed by atoms with Gasteiger partial charge in [0.15, 0.2) is 11.6 Å². The number of aliphatic hydroxyl groups is 4. The van der Waals surface area contributed by atoms with Gasteiger partial charge in [0.1, 0.15) is 38.5 Å². The summed E-state index contributed by atoms with van der Waals surface area (Å²) in [6, 6.07) is 11.0. The van der Waals surface area contributed by atoms with E-state index in [1.807, 2.05) is 0 Å². The molecule has 0 saturated heterocycles. The number of carbonyl (C=O) groups excluding carboxylic acids is 4. The zero-order valence-electron chi connectivity index (χ0n) is 28.7. The van der Waals surface area contributed by atoms with Gasteiger partial charge >= 0.3 is 0 Å². The Balaban J connectivity index is 0.000000500. The van der Waals surface area contributed by atoms with Gasteiger partial charge in [-0.25, -0.2) is 0 Å². The van der Waals surface area contributed by atoms with E-state index in [-0.39, 0.29) is 13.2 Å². The summed E-state index contributed by atoms with van der Waals surface area (Å²) >= 11 is 0. The summed E-state index contributed by atoms with van der Waals surface area (Å²) in [4.78, 5) is 52.5. The van der Waals surface area contributed by atoms with Gasteiger partial charge in [-0.3, -0.25) is 24.2 Å². The molecular formula is C38H42N4O8. The van der Waals surface area contributed by atoms with Crippen LogP contribution in [-0.2, 0) is 9.59 Å². The van der Waals surface area contributed by atoms with E-state index in [0.717, 1.165) is 0 Å². The highest BCUT2D eigenvalue weighted by atomic mass is 16.3. The first-order valence-electron chi connectivity index (χ1n) is 15.2. The molecule has 50 heavy (non-hydrogen) atoms. The number of benzene rings is 2. The zero-order chi connectivity index (χ0) is 37.7. The van der Waals surface area contributed by atoms with Crippen molar-refractivity contribution >= 4 is 30.1 Å². The monoisotopic (exact) mass is 682 g/mol. The molecule has 0 radical (unpaired) electrons. The van der Waals surface area contributed by atoms with Gasteiger partial charge in [0.05, 0.1) is 5.54 Å². The highest BCUT2D eigenvalue weighted by Crippen LogP contribution is 2.16. The number of likely N-dealkylation sites (N-methyl/N-ethyl adjacent to an activating group) is 1. The highest BCUT2D eigenvalue weighted by molar-refractivity contribution is 5.99. The van der Waals surface area contributed by atoms with Crippen molar-refractivity contribution < 1.29 is 39.6 Å². The second-order valence-corrected chi connectivity index (χ2v) is 11.4. The van der Waals surface area contributed by atoms with Gasteiger partial charge in [-0.05, 0) is 114 Å². The molecule has 2 atom stereocenters. The molecule has 0 aliphatic rings. The Labute approximate surface area is 292 Å². The van der Waals surface area contributed by atoms with Crippen LogP contribution >= 0.6 is 0 Å². The van der Waals surface area contributed by atoms with Crippen LogP contribution in [0.15, 0.2) is 53.5 Å². The minimum absolute atomic E-state index is 0.246. The Morgan fingerprint density at radius 1 is 0.680 bits per heavy atom. The van der Waals surface area contributed by atoms with Crippen LogP contribution in [0.5, 0.6) is 0 Å². The van der Waals surface area contributed by atoms with Crippen LogP contribution in [0.4, 0.5) is 0 Å². The van der Waals surface area contributed by atoms with Crippen LogP contribution in [0.2, 0.25) is 0 Å². The van der Waals surface area contributed by atoms with Gasteiger partial charge < -0.3 is 36.4 Å². The van der Waals surface area contributed by atoms with Crippen LogP contribution < -0.4 is 16.0 Å². The van der Waals surface area contributed by atoms with Crippen molar-refractivity contribution in [2.45, 2.75) is 50.9 Å². The quantitative estimate of drug-likeness (QED) is 0.118. The number of amides is 2. The third-order valence-electron chi connectivity index (χ3n) is 7.15. The van der Waals surface area contributed by atoms with Gasteiger partial charge in [-0.2, -0.15) is 0 Å². The summed E-state index contributed by atoms with van der Waals surface area (Å²) in [7, 11) is 1.68. The molecule has 0 aliphatic carbocycles. The number of Topliss-reactive ketones (excluding diaryl/α,β-unsaturated/α-hetero) is 2. The summed E-state index contributed by atoms with van der Waals surface area (Å²) in [5.41, 5.74) is 0.359. The minimum atomic E-state index is -0.990. The molecule has 0 spiro atoms. The number of rotatable bonds is 12. The van der Waals surface area contributed by atoms with Crippen molar-refractivity contribution in [3.63, 3.8) is 0 Å². The summed E-state index contributed by atoms with van der Waals surface area (Å²) in [6.45, 7) is 8.38. The maximum Gasteiger partial charge on any atom is 0.251 e. The number of aliphatic imine (C=N–C) groups is 1. The standard InChI is InChI=1S/C19H22N2O4.C19H20N2O4/c2*1-19(2,20-3)17(16(24)13-23)21-18(25)15-10-8-14(9-11-15)7-5-4-6-12-22/h8-11,17,20,22-23H,12-13H2,1-3H3,(H,21,25);8-11,17,22-23H,3,12-13H2,1-2H3,(H,21,25)/t2*17-/m11/s1. The van der Waals surface area contributed by atoms with Gasteiger partial charge in [-0.15, -0.1) is 0 Å². The molecule has 2 amide bonds. The molecule has 0 saturated carbocycles. The number of aliphatic hydroxyl groups excluding tert-OH is 4. The van der Waals surface area contributed by atoms with E-state index in [1.165, 1.54) is 0 Å². The van der Waals surface area contributed by atoms with Gasteiger partial charge in [0, 0.05) is 27.8 Å². The van der Waals surface area contributed by atoms with Crippen molar-refractivity contribution in [1.82, 2.24) is 16.0 Å². The second kappa shape index (κ2) is 21.4. The summed E-state index contributed by atoms with van der Waals surface area (Å²) in [5.74, 6) is 18.6. The fourth-order valence-corrected chi connectivity index (χ4v) is 3.95. The van der Waals surface area contributed by atoms with Crippen molar-refractivity contribution in [2.24, 2.45) is 4.99 Å². The number of nitrogens with one attached hydrogen (secondary N) is 3. The van der Waals surface area contributed by atoms with Gasteiger partial charge in [0.25, 0.3) is 11.8 Å². The molecule has 2 aromatic rings. The fourth-order valence-electron chi connectivity index (χ4n) is 3.95. The Morgan fingerprint density at radius 3 is 1.40 bits per heavy atom. The molecule has 0 heterocycles. The molecule has 0 unspecified atom stereocenters. The molecule has 12 heteroatoms. The number of hydrogen-bond acceptors (Lipinski definition) is 10. The molecule has 12 nitrogen and oxygen atoms in total. The van der Waals surface area contributed by atoms with Crippen molar-refractivity contribution in [2.75, 3.05) is 33.5 Å². The third-order valence-corrected chi connectivity index (χ3v) is 7.15. The predicted octanol–water partition coefficient (Wildman–Crippen LogP) is -0.136. The second-order valence-electron chi connectivity index (χ2n) is 11.4. The molecular weight excluding hydrogens is 640 g/mol. The molecule has 0 fully saturated rings. The lowest BCUT2D eigenvalue weighted by Gasteiger charge is -2.33. The number of carbonyl (C=O) groups is 4. The maximum absolute atomic E-state index is 12.4. The van der Waals surface area contributed by atoms with E-state index in [0.29, 0.717) is 22.3 Å². The fraction of sp³-hybridized carbons (Fsp3) is 0.342. The first kappa shape index (κ1) is 42.5. The lowest BCUT2D eigenvalue weighted by molar-refractivity contribution is -0.125. The normalized spacial score (nSPS) is 11.3. The SMILES string of the molecule is C=NC(C)(C)[C@H](NC(=O)c1ccc(C#CC#CCO)cc1)C(=O)CO.CNC(C)(C)[C@H](NC(=O)c1ccc(C#CC#CCO)cc1)C(=O)CO. The molecule has 262 valence electrons. The van der Waals surface area contributed by atoms with Crippen LogP contribution in [0, 0.1) is 47.4 Å². The smallest absolute Gasteiger partial charge is 0.251 e. The molecule has 2 aromatic carbocycles. The summed E-state index contributed by atoms with van der Waals surface area (Å²) in [6.07, 6.45) is 0. The first-order chi connectivity index (χ1) is 23.7. The largest absolute Gasteiger partial charge is 0.388 e. The van der Waals surface area contributed by atoms with E-state index in [2.05, 4.69) is 75.0 Å². The minimum Gasteiger partial charge on any atom is -0.388 e. The van der Waals surface area contributed by atoms with Crippen molar-refractivity contribution in [1.29, 1.82) is 0 Å². The Bertz CT molecular complexity index is 1750. The maximum atomic E-state index is 12.4.